The van der Waals surface area contributed by atoms with Gasteiger partial charge in [-0.05, 0) is 18.6 Å². The third-order valence-electron chi connectivity index (χ3n) is 2.38. The van der Waals surface area contributed by atoms with Gasteiger partial charge in [0, 0.05) is 12.2 Å². The lowest BCUT2D eigenvalue weighted by Gasteiger charge is -2.15. The van der Waals surface area contributed by atoms with Crippen LogP contribution < -0.4 is 5.32 Å². The van der Waals surface area contributed by atoms with Crippen LogP contribution in [0.3, 0.4) is 0 Å². The molecule has 0 aromatic carbocycles. The van der Waals surface area contributed by atoms with E-state index in [1.165, 1.54) is 12.3 Å². The lowest BCUT2D eigenvalue weighted by molar-refractivity contribution is -0.137. The molecule has 0 saturated heterocycles. The summed E-state index contributed by atoms with van der Waals surface area (Å²) in [5, 5.41) is 11.7. The third-order valence-corrected chi connectivity index (χ3v) is 2.61. The highest BCUT2D eigenvalue weighted by Crippen LogP contribution is 2.07. The molecular formula is C12H15ClN2O3. The second-order valence-corrected chi connectivity index (χ2v) is 4.31. The van der Waals surface area contributed by atoms with Gasteiger partial charge in [-0.2, -0.15) is 0 Å². The SMILES string of the molecule is CCCC(CC(=O)O)NC(=O)c1ccc(Cl)nc1. The third kappa shape index (κ3) is 4.71. The van der Waals surface area contributed by atoms with Gasteiger partial charge < -0.3 is 10.4 Å². The monoisotopic (exact) mass is 270 g/mol. The van der Waals surface area contributed by atoms with Crippen LogP contribution in [0.15, 0.2) is 18.3 Å². The molecule has 0 aliphatic heterocycles. The number of hydrogen-bond donors (Lipinski definition) is 2. The zero-order valence-corrected chi connectivity index (χ0v) is 10.8. The van der Waals surface area contributed by atoms with Crippen LogP contribution in [0.5, 0.6) is 0 Å². The maximum absolute atomic E-state index is 11.8. The van der Waals surface area contributed by atoms with Crippen molar-refractivity contribution in [3.05, 3.63) is 29.0 Å². The number of amides is 1. The van der Waals surface area contributed by atoms with E-state index >= 15 is 0 Å². The van der Waals surface area contributed by atoms with Crippen LogP contribution in [0.25, 0.3) is 0 Å². The van der Waals surface area contributed by atoms with E-state index < -0.39 is 5.97 Å². The Kier molecular flexibility index (Phi) is 5.58. The lowest BCUT2D eigenvalue weighted by atomic mass is 10.1. The van der Waals surface area contributed by atoms with Gasteiger partial charge >= 0.3 is 5.97 Å². The summed E-state index contributed by atoms with van der Waals surface area (Å²) in [6, 6.07) is 2.70. The van der Waals surface area contributed by atoms with Crippen LogP contribution in [-0.2, 0) is 4.79 Å². The standard InChI is InChI=1S/C12H15ClN2O3/c1-2-3-9(6-11(16)17)15-12(18)8-4-5-10(13)14-7-8/h4-5,7,9H,2-3,6H2,1H3,(H,15,18)(H,16,17). The van der Waals surface area contributed by atoms with E-state index in [-0.39, 0.29) is 18.4 Å². The van der Waals surface area contributed by atoms with Gasteiger partial charge in [-0.25, -0.2) is 4.98 Å². The molecule has 0 fully saturated rings. The highest BCUT2D eigenvalue weighted by atomic mass is 35.5. The molecular weight excluding hydrogens is 256 g/mol. The average Bonchev–Trinajstić information content (AvgIpc) is 2.29. The number of nitrogens with zero attached hydrogens (tertiary/aromatic N) is 1. The fourth-order valence-corrected chi connectivity index (χ4v) is 1.68. The Balaban J connectivity index is 2.65. The maximum atomic E-state index is 11.8. The summed E-state index contributed by atoms with van der Waals surface area (Å²) in [7, 11) is 0. The van der Waals surface area contributed by atoms with E-state index in [9.17, 15) is 9.59 Å². The van der Waals surface area contributed by atoms with E-state index in [0.29, 0.717) is 17.1 Å². The highest BCUT2D eigenvalue weighted by Gasteiger charge is 2.16. The van der Waals surface area contributed by atoms with Crippen molar-refractivity contribution in [2.24, 2.45) is 0 Å². The van der Waals surface area contributed by atoms with Gasteiger partial charge in [0.2, 0.25) is 0 Å². The predicted molar refractivity (Wildman–Crippen MR) is 67.7 cm³/mol. The Bertz CT molecular complexity index is 420. The summed E-state index contributed by atoms with van der Waals surface area (Å²) >= 11 is 5.62. The number of aliphatic carboxylic acids is 1. The normalized spacial score (nSPS) is 11.9. The summed E-state index contributed by atoms with van der Waals surface area (Å²) in [4.78, 5) is 26.3. The number of rotatable bonds is 6. The molecule has 98 valence electrons. The molecule has 2 N–H and O–H groups in total. The molecule has 1 unspecified atom stereocenters. The number of hydrogen-bond acceptors (Lipinski definition) is 3. The molecule has 0 saturated carbocycles. The van der Waals surface area contributed by atoms with Crippen LogP contribution in [0.4, 0.5) is 0 Å². The molecule has 1 amide bonds. The van der Waals surface area contributed by atoms with Crippen molar-refractivity contribution in [3.63, 3.8) is 0 Å². The lowest BCUT2D eigenvalue weighted by Crippen LogP contribution is -2.36. The van der Waals surface area contributed by atoms with Crippen molar-refractivity contribution in [1.29, 1.82) is 0 Å². The molecule has 0 aliphatic rings. The summed E-state index contributed by atoms with van der Waals surface area (Å²) in [5.74, 6) is -1.26. The summed E-state index contributed by atoms with van der Waals surface area (Å²) < 4.78 is 0. The van der Waals surface area contributed by atoms with Crippen LogP contribution in [0.2, 0.25) is 5.15 Å². The highest BCUT2D eigenvalue weighted by molar-refractivity contribution is 6.29. The minimum atomic E-state index is -0.928. The predicted octanol–water partition coefficient (Wildman–Crippen LogP) is 2.11. The van der Waals surface area contributed by atoms with Crippen molar-refractivity contribution >= 4 is 23.5 Å². The van der Waals surface area contributed by atoms with Crippen LogP contribution in [0, 0.1) is 0 Å². The average molecular weight is 271 g/mol. The molecule has 18 heavy (non-hydrogen) atoms. The minimum absolute atomic E-state index is 0.0827. The number of carbonyl (C=O) groups is 2. The van der Waals surface area contributed by atoms with Crippen molar-refractivity contribution in [3.8, 4) is 0 Å². The minimum Gasteiger partial charge on any atom is -0.481 e. The number of carboxylic acids is 1. The number of halogens is 1. The van der Waals surface area contributed by atoms with E-state index in [0.717, 1.165) is 6.42 Å². The van der Waals surface area contributed by atoms with Gasteiger partial charge in [-0.3, -0.25) is 9.59 Å². The number of carboxylic acid groups (broad SMARTS) is 1. The molecule has 1 heterocycles. The van der Waals surface area contributed by atoms with Gasteiger partial charge in [0.1, 0.15) is 5.15 Å². The molecule has 5 nitrogen and oxygen atoms in total. The fraction of sp³-hybridized carbons (Fsp3) is 0.417. The van der Waals surface area contributed by atoms with E-state index in [1.807, 2.05) is 6.92 Å². The number of nitrogens with one attached hydrogen (secondary N) is 1. The molecule has 0 spiro atoms. The number of carbonyl (C=O) groups excluding carboxylic acids is 1. The first-order valence-electron chi connectivity index (χ1n) is 5.67. The first kappa shape index (κ1) is 14.4. The molecule has 1 aromatic rings. The number of aromatic nitrogens is 1. The van der Waals surface area contributed by atoms with Crippen LogP contribution in [0.1, 0.15) is 36.5 Å². The van der Waals surface area contributed by atoms with Crippen LogP contribution >= 0.6 is 11.6 Å². The van der Waals surface area contributed by atoms with Gasteiger partial charge in [-0.15, -0.1) is 0 Å². The molecule has 6 heteroatoms. The first-order chi connectivity index (χ1) is 8.52. The fourth-order valence-electron chi connectivity index (χ4n) is 1.56. The zero-order chi connectivity index (χ0) is 13.5. The summed E-state index contributed by atoms with van der Waals surface area (Å²) in [6.45, 7) is 1.94. The molecule has 0 bridgehead atoms. The van der Waals surface area contributed by atoms with E-state index in [2.05, 4.69) is 10.3 Å². The summed E-state index contributed by atoms with van der Waals surface area (Å²) in [5.41, 5.74) is 0.367. The van der Waals surface area contributed by atoms with Gasteiger partial charge in [0.05, 0.1) is 12.0 Å². The molecule has 1 aromatic heterocycles. The second-order valence-electron chi connectivity index (χ2n) is 3.93. The quantitative estimate of drug-likeness (QED) is 0.776. The van der Waals surface area contributed by atoms with Crippen molar-refractivity contribution in [2.45, 2.75) is 32.2 Å². The van der Waals surface area contributed by atoms with Crippen molar-refractivity contribution in [1.82, 2.24) is 10.3 Å². The zero-order valence-electron chi connectivity index (χ0n) is 10.0. The first-order valence-corrected chi connectivity index (χ1v) is 6.05. The van der Waals surface area contributed by atoms with E-state index in [1.54, 1.807) is 6.07 Å². The summed E-state index contributed by atoms with van der Waals surface area (Å²) in [6.07, 6.45) is 2.71. The number of pyridine rings is 1. The molecule has 1 atom stereocenters. The molecule has 1 rings (SSSR count). The molecule has 0 radical (unpaired) electrons. The van der Waals surface area contributed by atoms with Crippen molar-refractivity contribution < 1.29 is 14.7 Å². The van der Waals surface area contributed by atoms with E-state index in [4.69, 9.17) is 16.7 Å². The van der Waals surface area contributed by atoms with Gasteiger partial charge in [-0.1, -0.05) is 24.9 Å². The van der Waals surface area contributed by atoms with Gasteiger partial charge in [0.25, 0.3) is 5.91 Å². The Morgan fingerprint density at radius 1 is 1.50 bits per heavy atom. The topological polar surface area (TPSA) is 79.3 Å². The largest absolute Gasteiger partial charge is 0.481 e. The van der Waals surface area contributed by atoms with Crippen molar-refractivity contribution in [2.75, 3.05) is 0 Å². The Morgan fingerprint density at radius 2 is 2.22 bits per heavy atom. The van der Waals surface area contributed by atoms with Gasteiger partial charge in [0.15, 0.2) is 0 Å². The maximum Gasteiger partial charge on any atom is 0.305 e. The Hall–Kier alpha value is -1.62. The second kappa shape index (κ2) is 6.96. The molecule has 0 aliphatic carbocycles. The smallest absolute Gasteiger partial charge is 0.305 e. The van der Waals surface area contributed by atoms with Crippen LogP contribution in [-0.4, -0.2) is 28.0 Å². The Labute approximate surface area is 110 Å². The Morgan fingerprint density at radius 3 is 2.72 bits per heavy atom.